The van der Waals surface area contributed by atoms with Crippen molar-refractivity contribution in [3.63, 3.8) is 0 Å². The summed E-state index contributed by atoms with van der Waals surface area (Å²) in [5, 5.41) is 13.1. The topological polar surface area (TPSA) is 35.5 Å². The minimum atomic E-state index is -1.01. The van der Waals surface area contributed by atoms with Crippen LogP contribution in [0.15, 0.2) is 12.7 Å². The van der Waals surface area contributed by atoms with E-state index in [4.69, 9.17) is 0 Å². The second-order valence-corrected chi connectivity index (χ2v) is 4.88. The molecule has 0 aromatic heterocycles. The van der Waals surface area contributed by atoms with Crippen molar-refractivity contribution in [2.24, 2.45) is 0 Å². The summed E-state index contributed by atoms with van der Waals surface area (Å²) in [6, 6.07) is 0.637. The molecule has 16 heavy (non-hydrogen) atoms. The molecule has 3 unspecified atom stereocenters. The quantitative estimate of drug-likeness (QED) is 0.690. The third kappa shape index (κ3) is 4.60. The number of hydrogen-bond donors (Lipinski definition) is 2. The lowest BCUT2D eigenvalue weighted by Crippen LogP contribution is -2.53. The first-order valence-electron chi connectivity index (χ1n) is 5.94. The standard InChI is InChI=1S/C12H23FN2O/c1-4-10(13)6-15-7-11(14-9(2)3)5-12(16)8-15/h4,9-12,14,16H,1,5-8H2,2-3H3. The number of β-amino-alcohol motifs (C(OH)–C–C–N with tert-alkyl or cyclic N) is 1. The highest BCUT2D eigenvalue weighted by molar-refractivity contribution is 4.88. The van der Waals surface area contributed by atoms with Gasteiger partial charge >= 0.3 is 0 Å². The summed E-state index contributed by atoms with van der Waals surface area (Å²) in [7, 11) is 0. The van der Waals surface area contributed by atoms with Crippen LogP contribution in [0, 0.1) is 0 Å². The lowest BCUT2D eigenvalue weighted by atomic mass is 10.0. The number of halogens is 1. The molecule has 94 valence electrons. The van der Waals surface area contributed by atoms with Gasteiger partial charge in [0.05, 0.1) is 6.10 Å². The minimum absolute atomic E-state index is 0.251. The number of aliphatic hydroxyl groups excluding tert-OH is 1. The first-order chi connectivity index (χ1) is 7.51. The average Bonchev–Trinajstić information content (AvgIpc) is 2.15. The second kappa shape index (κ2) is 6.33. The Bertz CT molecular complexity index is 221. The van der Waals surface area contributed by atoms with Crippen LogP contribution in [0.4, 0.5) is 4.39 Å². The molecule has 0 saturated carbocycles. The number of piperidine rings is 1. The van der Waals surface area contributed by atoms with Gasteiger partial charge in [-0.25, -0.2) is 4.39 Å². The van der Waals surface area contributed by atoms with E-state index in [2.05, 4.69) is 25.7 Å². The normalized spacial score (nSPS) is 29.3. The Morgan fingerprint density at radius 3 is 2.81 bits per heavy atom. The first kappa shape index (κ1) is 13.6. The monoisotopic (exact) mass is 230 g/mol. The Morgan fingerprint density at radius 2 is 2.25 bits per heavy atom. The highest BCUT2D eigenvalue weighted by Gasteiger charge is 2.26. The molecular formula is C12H23FN2O. The van der Waals surface area contributed by atoms with E-state index in [1.807, 2.05) is 4.90 Å². The smallest absolute Gasteiger partial charge is 0.131 e. The second-order valence-electron chi connectivity index (χ2n) is 4.88. The lowest BCUT2D eigenvalue weighted by molar-refractivity contribution is 0.0423. The van der Waals surface area contributed by atoms with Gasteiger partial charge in [-0.05, 0) is 6.42 Å². The van der Waals surface area contributed by atoms with Crippen molar-refractivity contribution < 1.29 is 9.50 Å². The van der Waals surface area contributed by atoms with Gasteiger partial charge in [0.1, 0.15) is 6.17 Å². The molecule has 0 spiro atoms. The van der Waals surface area contributed by atoms with Gasteiger partial charge in [0, 0.05) is 31.7 Å². The van der Waals surface area contributed by atoms with Gasteiger partial charge in [0.2, 0.25) is 0 Å². The third-order valence-corrected chi connectivity index (χ3v) is 2.76. The number of nitrogens with one attached hydrogen (secondary N) is 1. The zero-order chi connectivity index (χ0) is 12.1. The first-order valence-corrected chi connectivity index (χ1v) is 5.94. The summed E-state index contributed by atoms with van der Waals surface area (Å²) in [4.78, 5) is 1.96. The maximum atomic E-state index is 13.2. The van der Waals surface area contributed by atoms with Crippen molar-refractivity contribution in [2.75, 3.05) is 19.6 Å². The minimum Gasteiger partial charge on any atom is -0.392 e. The van der Waals surface area contributed by atoms with Gasteiger partial charge in [-0.15, -0.1) is 6.58 Å². The van der Waals surface area contributed by atoms with E-state index in [9.17, 15) is 9.50 Å². The maximum Gasteiger partial charge on any atom is 0.131 e. The number of alkyl halides is 1. The fourth-order valence-electron chi connectivity index (χ4n) is 2.22. The van der Waals surface area contributed by atoms with E-state index in [-0.39, 0.29) is 12.1 Å². The number of rotatable bonds is 5. The van der Waals surface area contributed by atoms with E-state index in [1.54, 1.807) is 0 Å². The third-order valence-electron chi connectivity index (χ3n) is 2.76. The molecule has 0 aliphatic carbocycles. The Balaban J connectivity index is 2.43. The number of nitrogens with zero attached hydrogens (tertiary/aromatic N) is 1. The molecule has 0 aromatic carbocycles. The van der Waals surface area contributed by atoms with E-state index in [1.165, 1.54) is 6.08 Å². The molecule has 1 heterocycles. The van der Waals surface area contributed by atoms with Crippen molar-refractivity contribution >= 4 is 0 Å². The molecule has 1 aliphatic heterocycles. The van der Waals surface area contributed by atoms with Crippen LogP contribution < -0.4 is 5.32 Å². The van der Waals surface area contributed by atoms with Crippen molar-refractivity contribution in [3.8, 4) is 0 Å². The Kier molecular flexibility index (Phi) is 5.38. The van der Waals surface area contributed by atoms with Crippen LogP contribution in [-0.2, 0) is 0 Å². The van der Waals surface area contributed by atoms with Crippen molar-refractivity contribution in [2.45, 2.75) is 44.6 Å². The largest absolute Gasteiger partial charge is 0.392 e. The predicted octanol–water partition coefficient (Wildman–Crippen LogP) is 0.944. The Labute approximate surface area is 97.3 Å². The van der Waals surface area contributed by atoms with Gasteiger partial charge in [0.15, 0.2) is 0 Å². The van der Waals surface area contributed by atoms with Gasteiger partial charge < -0.3 is 10.4 Å². The molecule has 0 aromatic rings. The number of likely N-dealkylation sites (tertiary alicyclic amines) is 1. The van der Waals surface area contributed by atoms with Gasteiger partial charge in [0.25, 0.3) is 0 Å². The molecule has 1 saturated heterocycles. The summed E-state index contributed by atoms with van der Waals surface area (Å²) in [5.74, 6) is 0. The molecule has 1 aliphatic rings. The molecule has 0 radical (unpaired) electrons. The van der Waals surface area contributed by atoms with Crippen LogP contribution in [0.2, 0.25) is 0 Å². The molecule has 3 atom stereocenters. The molecule has 0 amide bonds. The van der Waals surface area contributed by atoms with E-state index < -0.39 is 6.17 Å². The van der Waals surface area contributed by atoms with Crippen LogP contribution in [0.3, 0.4) is 0 Å². The predicted molar refractivity (Wildman–Crippen MR) is 64.2 cm³/mol. The fraction of sp³-hybridized carbons (Fsp3) is 0.833. The van der Waals surface area contributed by atoms with Crippen molar-refractivity contribution in [1.29, 1.82) is 0 Å². The summed E-state index contributed by atoms with van der Waals surface area (Å²) in [6.45, 7) is 9.27. The highest BCUT2D eigenvalue weighted by Crippen LogP contribution is 2.12. The fourth-order valence-corrected chi connectivity index (χ4v) is 2.22. The molecule has 3 nitrogen and oxygen atoms in total. The van der Waals surface area contributed by atoms with E-state index in [0.29, 0.717) is 19.1 Å². The molecule has 4 heteroatoms. The molecule has 1 rings (SSSR count). The van der Waals surface area contributed by atoms with Crippen LogP contribution in [0.25, 0.3) is 0 Å². The summed E-state index contributed by atoms with van der Waals surface area (Å²) >= 11 is 0. The van der Waals surface area contributed by atoms with Crippen molar-refractivity contribution in [3.05, 3.63) is 12.7 Å². The molecule has 1 fully saturated rings. The van der Waals surface area contributed by atoms with Gasteiger partial charge in [-0.3, -0.25) is 4.90 Å². The van der Waals surface area contributed by atoms with Gasteiger partial charge in [-0.1, -0.05) is 19.9 Å². The zero-order valence-electron chi connectivity index (χ0n) is 10.2. The molecule has 0 bridgehead atoms. The SMILES string of the molecule is C=CC(F)CN1CC(O)CC(NC(C)C)C1. The Hall–Kier alpha value is -0.450. The van der Waals surface area contributed by atoms with Crippen LogP contribution in [0.5, 0.6) is 0 Å². The zero-order valence-corrected chi connectivity index (χ0v) is 10.2. The summed E-state index contributed by atoms with van der Waals surface area (Å²) in [5.41, 5.74) is 0. The molecule has 2 N–H and O–H groups in total. The Morgan fingerprint density at radius 1 is 1.56 bits per heavy atom. The summed E-state index contributed by atoms with van der Waals surface area (Å²) in [6.07, 6.45) is 0.693. The average molecular weight is 230 g/mol. The maximum absolute atomic E-state index is 13.2. The van der Waals surface area contributed by atoms with Crippen LogP contribution >= 0.6 is 0 Å². The van der Waals surface area contributed by atoms with E-state index in [0.717, 1.165) is 13.0 Å². The van der Waals surface area contributed by atoms with E-state index >= 15 is 0 Å². The lowest BCUT2D eigenvalue weighted by Gasteiger charge is -2.37. The molecular weight excluding hydrogens is 207 g/mol. The van der Waals surface area contributed by atoms with Crippen LogP contribution in [-0.4, -0.2) is 54.0 Å². The van der Waals surface area contributed by atoms with Crippen LogP contribution in [0.1, 0.15) is 20.3 Å². The highest BCUT2D eigenvalue weighted by atomic mass is 19.1. The van der Waals surface area contributed by atoms with Crippen molar-refractivity contribution in [1.82, 2.24) is 10.2 Å². The summed E-state index contributed by atoms with van der Waals surface area (Å²) < 4.78 is 13.2. The number of hydrogen-bond acceptors (Lipinski definition) is 3. The van der Waals surface area contributed by atoms with Gasteiger partial charge in [-0.2, -0.15) is 0 Å². The number of aliphatic hydroxyl groups is 1.